The molecular formula is C29H25N3O3S. The smallest absolute Gasteiger partial charge is 0.314 e. The maximum Gasteiger partial charge on any atom is 0.314 e. The molecule has 1 aliphatic carbocycles. The summed E-state index contributed by atoms with van der Waals surface area (Å²) in [7, 11) is 0. The lowest BCUT2D eigenvalue weighted by Crippen LogP contribution is -2.19. The van der Waals surface area contributed by atoms with Gasteiger partial charge in [0.1, 0.15) is 0 Å². The molecule has 0 unspecified atom stereocenters. The zero-order chi connectivity index (χ0) is 24.9. The number of fused-ring (bicyclic) bond motifs is 1. The number of aliphatic carboxylic acids is 1. The summed E-state index contributed by atoms with van der Waals surface area (Å²) in [4.78, 5) is 16.3. The predicted octanol–water partition coefficient (Wildman–Crippen LogP) is 6.96. The predicted molar refractivity (Wildman–Crippen MR) is 142 cm³/mol. The Kier molecular flexibility index (Phi) is 5.38. The van der Waals surface area contributed by atoms with Gasteiger partial charge >= 0.3 is 5.97 Å². The molecule has 6 nitrogen and oxygen atoms in total. The number of carboxylic acids is 1. The second-order valence-corrected chi connectivity index (χ2v) is 10.5. The Bertz CT molecular complexity index is 1580. The van der Waals surface area contributed by atoms with Crippen LogP contribution in [0.5, 0.6) is 0 Å². The molecule has 0 spiro atoms. The van der Waals surface area contributed by atoms with Gasteiger partial charge in [0.15, 0.2) is 10.9 Å². The molecule has 0 aliphatic heterocycles. The summed E-state index contributed by atoms with van der Waals surface area (Å²) >= 11 is 1.64. The molecule has 3 aromatic carbocycles. The molecule has 7 heteroatoms. The van der Waals surface area contributed by atoms with Crippen LogP contribution in [-0.4, -0.2) is 21.2 Å². The molecule has 0 radical (unpaired) electrons. The van der Waals surface area contributed by atoms with E-state index in [1.165, 1.54) is 10.3 Å². The minimum absolute atomic E-state index is 0.567. The summed E-state index contributed by atoms with van der Waals surface area (Å²) in [6, 6.07) is 22.3. The van der Waals surface area contributed by atoms with E-state index < -0.39 is 11.4 Å². The average Bonchev–Trinajstić information content (AvgIpc) is 3.49. The van der Waals surface area contributed by atoms with Gasteiger partial charge in [0, 0.05) is 17.7 Å². The van der Waals surface area contributed by atoms with Crippen molar-refractivity contribution in [3.63, 3.8) is 0 Å². The van der Waals surface area contributed by atoms with Gasteiger partial charge in [-0.2, -0.15) is 0 Å². The summed E-state index contributed by atoms with van der Waals surface area (Å²) in [6.07, 6.45) is 1.42. The normalized spacial score (nSPS) is 14.2. The Hall–Kier alpha value is -3.97. The quantitative estimate of drug-likeness (QED) is 0.254. The zero-order valence-corrected chi connectivity index (χ0v) is 20.9. The fourth-order valence-corrected chi connectivity index (χ4v) is 5.60. The van der Waals surface area contributed by atoms with E-state index >= 15 is 0 Å². The molecule has 1 saturated carbocycles. The van der Waals surface area contributed by atoms with Gasteiger partial charge in [-0.1, -0.05) is 71.1 Å². The van der Waals surface area contributed by atoms with E-state index in [1.54, 1.807) is 11.3 Å². The molecule has 6 rings (SSSR count). The van der Waals surface area contributed by atoms with E-state index in [4.69, 9.17) is 4.52 Å². The van der Waals surface area contributed by atoms with E-state index in [2.05, 4.69) is 46.6 Å². The van der Waals surface area contributed by atoms with Crippen LogP contribution in [0, 0.1) is 13.8 Å². The van der Waals surface area contributed by atoms with Gasteiger partial charge in [-0.25, -0.2) is 4.98 Å². The summed E-state index contributed by atoms with van der Waals surface area (Å²) in [5, 5.41) is 18.1. The number of anilines is 1. The number of carboxylic acid groups (broad SMARTS) is 1. The van der Waals surface area contributed by atoms with Crippen molar-refractivity contribution in [1.29, 1.82) is 0 Å². The Morgan fingerprint density at radius 1 is 1.00 bits per heavy atom. The fourth-order valence-electron chi connectivity index (χ4n) is 4.64. The SMILES string of the molecule is Cc1ccc2nc(NCc3c(C)noc3-c3ccc(-c4ccc(C5(C(=O)O)CC5)cc4)cc3)sc2c1. The van der Waals surface area contributed by atoms with Crippen molar-refractivity contribution in [2.24, 2.45) is 0 Å². The monoisotopic (exact) mass is 495 g/mol. The van der Waals surface area contributed by atoms with Crippen LogP contribution in [-0.2, 0) is 16.8 Å². The number of hydrogen-bond acceptors (Lipinski definition) is 6. The van der Waals surface area contributed by atoms with E-state index in [0.29, 0.717) is 19.4 Å². The van der Waals surface area contributed by atoms with Crippen molar-refractivity contribution in [3.05, 3.63) is 89.1 Å². The van der Waals surface area contributed by atoms with Gasteiger partial charge in [0.25, 0.3) is 0 Å². The third-order valence-electron chi connectivity index (χ3n) is 7.02. The molecule has 180 valence electrons. The molecule has 2 aromatic heterocycles. The lowest BCUT2D eigenvalue weighted by atomic mass is 9.93. The van der Waals surface area contributed by atoms with Crippen molar-refractivity contribution in [3.8, 4) is 22.5 Å². The number of rotatable bonds is 7. The number of carbonyl (C=O) groups is 1. The van der Waals surface area contributed by atoms with Crippen LogP contribution in [0.25, 0.3) is 32.7 Å². The standard InChI is InChI=1S/C29H25N3O3S/c1-17-3-12-24-25(15-17)36-28(31-24)30-16-23-18(2)32-35-26(23)21-6-4-19(5-7-21)20-8-10-22(11-9-20)29(13-14-29)27(33)34/h3-12,15H,13-14,16H2,1-2H3,(H,30,31)(H,33,34). The number of nitrogens with zero attached hydrogens (tertiary/aromatic N) is 2. The first kappa shape index (κ1) is 22.5. The molecule has 0 bridgehead atoms. The minimum Gasteiger partial charge on any atom is -0.481 e. The summed E-state index contributed by atoms with van der Waals surface area (Å²) in [5.41, 5.74) is 7.34. The molecule has 0 saturated heterocycles. The molecule has 5 aromatic rings. The van der Waals surface area contributed by atoms with Gasteiger partial charge in [-0.3, -0.25) is 4.79 Å². The maximum absolute atomic E-state index is 11.6. The molecule has 0 amide bonds. The summed E-state index contributed by atoms with van der Waals surface area (Å²) < 4.78 is 6.88. The highest BCUT2D eigenvalue weighted by molar-refractivity contribution is 7.22. The van der Waals surface area contributed by atoms with Gasteiger partial charge in [0.05, 0.1) is 21.3 Å². The third kappa shape index (κ3) is 3.95. The molecule has 1 aliphatic rings. The maximum atomic E-state index is 11.6. The highest BCUT2D eigenvalue weighted by Crippen LogP contribution is 2.48. The molecule has 36 heavy (non-hydrogen) atoms. The molecule has 1 fully saturated rings. The zero-order valence-electron chi connectivity index (χ0n) is 20.0. The summed E-state index contributed by atoms with van der Waals surface area (Å²) in [5.74, 6) is 0.0152. The molecule has 2 N–H and O–H groups in total. The van der Waals surface area contributed by atoms with Gasteiger partial charge in [-0.15, -0.1) is 0 Å². The largest absolute Gasteiger partial charge is 0.481 e. The molecular weight excluding hydrogens is 470 g/mol. The topological polar surface area (TPSA) is 88.3 Å². The van der Waals surface area contributed by atoms with E-state index in [9.17, 15) is 9.90 Å². The Morgan fingerprint density at radius 3 is 2.33 bits per heavy atom. The third-order valence-corrected chi connectivity index (χ3v) is 8.00. The lowest BCUT2D eigenvalue weighted by Gasteiger charge is -2.11. The Labute approximate surface area is 212 Å². The Balaban J connectivity index is 1.20. The van der Waals surface area contributed by atoms with Gasteiger partial charge in [-0.05, 0) is 61.1 Å². The second-order valence-electron chi connectivity index (χ2n) is 9.46. The van der Waals surface area contributed by atoms with Crippen molar-refractivity contribution >= 4 is 32.7 Å². The van der Waals surface area contributed by atoms with Crippen molar-refractivity contribution < 1.29 is 14.4 Å². The van der Waals surface area contributed by atoms with Gasteiger partial charge in [0.2, 0.25) is 0 Å². The average molecular weight is 496 g/mol. The van der Waals surface area contributed by atoms with Crippen LogP contribution >= 0.6 is 11.3 Å². The lowest BCUT2D eigenvalue weighted by molar-refractivity contribution is -0.140. The number of nitrogens with one attached hydrogen (secondary N) is 1. The molecule has 2 heterocycles. The van der Waals surface area contributed by atoms with Crippen molar-refractivity contribution in [2.45, 2.75) is 38.6 Å². The summed E-state index contributed by atoms with van der Waals surface area (Å²) in [6.45, 7) is 4.60. The number of benzene rings is 3. The number of aryl methyl sites for hydroxylation is 2. The Morgan fingerprint density at radius 2 is 1.67 bits per heavy atom. The van der Waals surface area contributed by atoms with Gasteiger partial charge < -0.3 is 14.9 Å². The van der Waals surface area contributed by atoms with E-state index in [1.807, 2.05) is 49.4 Å². The second kappa shape index (κ2) is 8.60. The number of hydrogen-bond donors (Lipinski definition) is 2. The fraction of sp³-hybridized carbons (Fsp3) is 0.207. The first-order chi connectivity index (χ1) is 17.4. The van der Waals surface area contributed by atoms with Crippen LogP contribution in [0.4, 0.5) is 5.13 Å². The van der Waals surface area contributed by atoms with Crippen LogP contribution < -0.4 is 5.32 Å². The number of thiazole rings is 1. The first-order valence-electron chi connectivity index (χ1n) is 11.9. The highest BCUT2D eigenvalue weighted by Gasteiger charge is 2.51. The minimum atomic E-state index is -0.731. The van der Waals surface area contributed by atoms with Crippen LogP contribution in [0.15, 0.2) is 71.3 Å². The number of aromatic nitrogens is 2. The van der Waals surface area contributed by atoms with Crippen molar-refractivity contribution in [1.82, 2.24) is 10.1 Å². The first-order valence-corrected chi connectivity index (χ1v) is 12.8. The molecule has 0 atom stereocenters. The van der Waals surface area contributed by atoms with Crippen LogP contribution in [0.2, 0.25) is 0 Å². The van der Waals surface area contributed by atoms with E-state index in [0.717, 1.165) is 49.9 Å². The van der Waals surface area contributed by atoms with E-state index in [-0.39, 0.29) is 0 Å². The van der Waals surface area contributed by atoms with Crippen molar-refractivity contribution in [2.75, 3.05) is 5.32 Å². The van der Waals surface area contributed by atoms with Crippen LogP contribution in [0.3, 0.4) is 0 Å². The highest BCUT2D eigenvalue weighted by atomic mass is 32.1. The van der Waals surface area contributed by atoms with Crippen LogP contribution in [0.1, 0.15) is 35.2 Å².